The molecule has 2 unspecified atom stereocenters. The molecule has 0 radical (unpaired) electrons. The molecule has 0 aliphatic carbocycles. The number of benzene rings is 3. The zero-order valence-electron chi connectivity index (χ0n) is 24.8. The van der Waals surface area contributed by atoms with Crippen molar-refractivity contribution < 1.29 is 14.3 Å². The summed E-state index contributed by atoms with van der Waals surface area (Å²) in [4.78, 5) is 26.0. The largest absolute Gasteiger partial charge is 0.497 e. The van der Waals surface area contributed by atoms with Crippen molar-refractivity contribution in [2.24, 2.45) is 4.99 Å². The molecule has 222 valence electrons. The molecule has 1 saturated heterocycles. The van der Waals surface area contributed by atoms with Crippen molar-refractivity contribution >= 4 is 35.1 Å². The van der Waals surface area contributed by atoms with Crippen LogP contribution in [-0.2, 0) is 0 Å². The lowest BCUT2D eigenvalue weighted by molar-refractivity contribution is 0.127. The Morgan fingerprint density at radius 3 is 2.07 bits per heavy atom. The fraction of sp³-hybridized carbons (Fsp3) is 0.394. The van der Waals surface area contributed by atoms with Crippen LogP contribution in [0.15, 0.2) is 71.7 Å². The Labute approximate surface area is 258 Å². The minimum absolute atomic E-state index is 0.0753. The number of likely N-dealkylation sites (tertiary alicyclic amines) is 1. The van der Waals surface area contributed by atoms with Gasteiger partial charge in [0.2, 0.25) is 0 Å². The first-order valence-electron chi connectivity index (χ1n) is 14.3. The van der Waals surface area contributed by atoms with E-state index in [0.717, 1.165) is 29.5 Å². The van der Waals surface area contributed by atoms with E-state index < -0.39 is 6.04 Å². The van der Waals surface area contributed by atoms with Crippen molar-refractivity contribution in [1.82, 2.24) is 14.7 Å². The highest BCUT2D eigenvalue weighted by atomic mass is 35.5. The second kappa shape index (κ2) is 12.9. The van der Waals surface area contributed by atoms with E-state index in [-0.39, 0.29) is 18.2 Å². The predicted octanol–water partition coefficient (Wildman–Crippen LogP) is 7.48. The smallest absolute Gasteiger partial charge is 0.326 e. The summed E-state index contributed by atoms with van der Waals surface area (Å²) in [6, 6.07) is 20.6. The summed E-state index contributed by atoms with van der Waals surface area (Å²) >= 11 is 12.6. The van der Waals surface area contributed by atoms with E-state index in [9.17, 15) is 4.79 Å². The van der Waals surface area contributed by atoms with Gasteiger partial charge < -0.3 is 19.3 Å². The van der Waals surface area contributed by atoms with Gasteiger partial charge in [-0.25, -0.2) is 4.79 Å². The summed E-state index contributed by atoms with van der Waals surface area (Å²) in [6.07, 6.45) is 1.73. The molecule has 0 N–H and O–H groups in total. The first kappa shape index (κ1) is 30.2. The lowest BCUT2D eigenvalue weighted by Crippen LogP contribution is -2.51. The zero-order valence-corrected chi connectivity index (χ0v) is 26.3. The third-order valence-corrected chi connectivity index (χ3v) is 8.46. The fourth-order valence-corrected chi connectivity index (χ4v) is 6.00. The topological polar surface area (TPSA) is 57.6 Å². The molecule has 2 aliphatic rings. The van der Waals surface area contributed by atoms with Crippen molar-refractivity contribution in [3.63, 3.8) is 0 Å². The Morgan fingerprint density at radius 2 is 1.52 bits per heavy atom. The number of nitrogens with zero attached hydrogens (tertiary/aromatic N) is 4. The molecular weight excluding hydrogens is 571 g/mol. The molecule has 0 aromatic heterocycles. The molecule has 3 aromatic carbocycles. The Kier molecular flexibility index (Phi) is 9.31. The van der Waals surface area contributed by atoms with E-state index in [1.165, 1.54) is 0 Å². The average Bonchev–Trinajstić information content (AvgIpc) is 3.37. The Morgan fingerprint density at radius 1 is 0.929 bits per heavy atom. The van der Waals surface area contributed by atoms with Crippen molar-refractivity contribution in [1.29, 1.82) is 0 Å². The van der Waals surface area contributed by atoms with Crippen LogP contribution in [0, 0.1) is 0 Å². The van der Waals surface area contributed by atoms with Gasteiger partial charge in [-0.1, -0.05) is 47.5 Å². The van der Waals surface area contributed by atoms with Crippen LogP contribution in [0.2, 0.25) is 10.0 Å². The van der Waals surface area contributed by atoms with Crippen LogP contribution in [-0.4, -0.2) is 73.0 Å². The monoisotopic (exact) mass is 608 g/mol. The molecule has 2 heterocycles. The molecular formula is C33H38Cl2N4O3. The highest BCUT2D eigenvalue weighted by Gasteiger charge is 2.45. The zero-order chi connectivity index (χ0) is 30.0. The van der Waals surface area contributed by atoms with E-state index in [4.69, 9.17) is 37.7 Å². The van der Waals surface area contributed by atoms with Gasteiger partial charge in [0.05, 0.1) is 24.8 Å². The van der Waals surface area contributed by atoms with Crippen molar-refractivity contribution in [3.8, 4) is 11.5 Å². The molecule has 3 aromatic rings. The van der Waals surface area contributed by atoms with Gasteiger partial charge in [-0.2, -0.15) is 0 Å². The van der Waals surface area contributed by atoms with E-state index in [1.54, 1.807) is 7.11 Å². The number of hydrogen-bond acceptors (Lipinski definition) is 5. The molecule has 1 fully saturated rings. The fourth-order valence-electron chi connectivity index (χ4n) is 5.75. The molecule has 0 bridgehead atoms. The van der Waals surface area contributed by atoms with Gasteiger partial charge in [-0.3, -0.25) is 9.89 Å². The molecule has 2 amide bonds. The summed E-state index contributed by atoms with van der Waals surface area (Å²) in [5.41, 5.74) is 2.63. The van der Waals surface area contributed by atoms with Crippen LogP contribution < -0.4 is 9.47 Å². The van der Waals surface area contributed by atoms with Crippen LogP contribution in [0.5, 0.6) is 11.5 Å². The highest BCUT2D eigenvalue weighted by molar-refractivity contribution is 6.30. The number of piperidine rings is 1. The van der Waals surface area contributed by atoms with E-state index in [1.807, 2.05) is 90.4 Å². The number of carbonyl (C=O) groups is 1. The van der Waals surface area contributed by atoms with Gasteiger partial charge in [0, 0.05) is 35.2 Å². The molecule has 9 heteroatoms. The second-order valence-corrected chi connectivity index (χ2v) is 12.2. The Bertz CT molecular complexity index is 1420. The summed E-state index contributed by atoms with van der Waals surface area (Å²) < 4.78 is 11.8. The van der Waals surface area contributed by atoms with Crippen LogP contribution in [0.4, 0.5) is 4.79 Å². The third-order valence-electron chi connectivity index (χ3n) is 7.95. The number of urea groups is 1. The Hall–Kier alpha value is -3.26. The highest BCUT2D eigenvalue weighted by Crippen LogP contribution is 2.46. The molecule has 2 aliphatic heterocycles. The average molecular weight is 610 g/mol. The van der Waals surface area contributed by atoms with Crippen LogP contribution >= 0.6 is 23.2 Å². The number of methoxy groups -OCH3 is 1. The quantitative estimate of drug-likeness (QED) is 0.279. The van der Waals surface area contributed by atoms with Crippen molar-refractivity contribution in [2.75, 3.05) is 34.3 Å². The maximum absolute atomic E-state index is 14.6. The number of halogens is 2. The molecule has 7 nitrogen and oxygen atoms in total. The molecule has 2 atom stereocenters. The van der Waals surface area contributed by atoms with Gasteiger partial charge >= 0.3 is 6.03 Å². The molecule has 0 spiro atoms. The minimum atomic E-state index is -0.411. The maximum Gasteiger partial charge on any atom is 0.326 e. The number of ether oxygens (including phenoxy) is 2. The number of amides is 2. The van der Waals surface area contributed by atoms with Crippen molar-refractivity contribution in [2.45, 2.75) is 50.9 Å². The third kappa shape index (κ3) is 6.38. The summed E-state index contributed by atoms with van der Waals surface area (Å²) in [7, 11) is 5.82. The minimum Gasteiger partial charge on any atom is -0.497 e. The predicted molar refractivity (Wildman–Crippen MR) is 169 cm³/mol. The molecule has 0 saturated carbocycles. The van der Waals surface area contributed by atoms with E-state index in [2.05, 4.69) is 19.0 Å². The summed E-state index contributed by atoms with van der Waals surface area (Å²) in [5.74, 6) is 1.84. The van der Waals surface area contributed by atoms with Crippen LogP contribution in [0.25, 0.3) is 0 Å². The lowest BCUT2D eigenvalue weighted by atomic mass is 9.93. The number of aliphatic imine (C=N–C) groups is 1. The van der Waals surface area contributed by atoms with Gasteiger partial charge in [0.1, 0.15) is 23.4 Å². The SMILES string of the molecule is COc1ccc(C2=NC(c3ccc(Cl)cc3)C(c3ccc(Cl)cc3)N2C(=O)N2CCC(N(C)C)CC2)c(OC(C)C)c1. The number of rotatable bonds is 7. The number of hydrogen-bond donors (Lipinski definition) is 0. The maximum atomic E-state index is 14.6. The Balaban J connectivity index is 1.66. The first-order chi connectivity index (χ1) is 20.2. The summed E-state index contributed by atoms with van der Waals surface area (Å²) in [6.45, 7) is 5.29. The second-order valence-electron chi connectivity index (χ2n) is 11.3. The van der Waals surface area contributed by atoms with E-state index in [0.29, 0.717) is 46.5 Å². The lowest BCUT2D eigenvalue weighted by Gasteiger charge is -2.39. The summed E-state index contributed by atoms with van der Waals surface area (Å²) in [5, 5.41) is 1.27. The van der Waals surface area contributed by atoms with Gasteiger partial charge in [0.25, 0.3) is 0 Å². The van der Waals surface area contributed by atoms with Gasteiger partial charge in [-0.15, -0.1) is 0 Å². The number of amidine groups is 1. The first-order valence-corrected chi connectivity index (χ1v) is 15.1. The van der Waals surface area contributed by atoms with Gasteiger partial charge in [-0.05, 0) is 88.3 Å². The number of carbonyl (C=O) groups excluding carboxylic acids is 1. The normalized spacial score (nSPS) is 19.4. The standard InChI is InChI=1S/C33H38Cl2N4O3/c1-21(2)42-29-20-27(41-5)14-15-28(29)32-36-30(22-6-10-24(34)11-7-22)31(23-8-12-25(35)13-9-23)39(32)33(40)38-18-16-26(17-19-38)37(3)4/h6-15,20-21,26,30-31H,16-19H2,1-5H3. The van der Waals surface area contributed by atoms with Crippen LogP contribution in [0.1, 0.15) is 55.5 Å². The van der Waals surface area contributed by atoms with E-state index >= 15 is 0 Å². The molecule has 42 heavy (non-hydrogen) atoms. The van der Waals surface area contributed by atoms with Gasteiger partial charge in [0.15, 0.2) is 0 Å². The molecule has 5 rings (SSSR count). The van der Waals surface area contributed by atoms with Crippen LogP contribution in [0.3, 0.4) is 0 Å². The van der Waals surface area contributed by atoms with Crippen molar-refractivity contribution in [3.05, 3.63) is 93.5 Å².